The number of aryl methyl sites for hydroxylation is 4. The summed E-state index contributed by atoms with van der Waals surface area (Å²) in [5, 5.41) is 21.9. The van der Waals surface area contributed by atoms with Gasteiger partial charge in [0.2, 0.25) is 0 Å². The lowest BCUT2D eigenvalue weighted by Crippen LogP contribution is -2.24. The molecule has 0 aliphatic heterocycles. The Bertz CT molecular complexity index is 1570. The van der Waals surface area contributed by atoms with Crippen molar-refractivity contribution in [2.24, 2.45) is 0 Å². The summed E-state index contributed by atoms with van der Waals surface area (Å²) in [4.78, 5) is 14.7. The third-order valence-electron chi connectivity index (χ3n) is 8.76. The number of unbranched alkanes of at least 4 members (excludes halogenated alkanes) is 7. The molecule has 0 spiro atoms. The minimum absolute atomic E-state index is 0.000750. The second-order valence-electron chi connectivity index (χ2n) is 13.5. The highest BCUT2D eigenvalue weighted by Gasteiger charge is 2.21. The molecule has 0 saturated carbocycles. The first-order valence-corrected chi connectivity index (χ1v) is 17.7. The monoisotopic (exact) mass is 653 g/mol. The van der Waals surface area contributed by atoms with E-state index in [1.54, 1.807) is 6.07 Å². The van der Waals surface area contributed by atoms with Crippen molar-refractivity contribution < 1.29 is 19.7 Å². The average Bonchev–Trinajstić information content (AvgIpc) is 3.04. The first kappa shape index (κ1) is 37.0. The van der Waals surface area contributed by atoms with Gasteiger partial charge in [0, 0.05) is 23.8 Å². The number of aromatic hydroxyl groups is 1. The molecule has 0 amide bonds. The van der Waals surface area contributed by atoms with Gasteiger partial charge in [-0.25, -0.2) is 15.0 Å². The summed E-state index contributed by atoms with van der Waals surface area (Å²) in [7, 11) is 0. The van der Waals surface area contributed by atoms with E-state index in [0.717, 1.165) is 51.8 Å². The van der Waals surface area contributed by atoms with Gasteiger partial charge in [0.1, 0.15) is 24.2 Å². The van der Waals surface area contributed by atoms with Crippen LogP contribution in [0.3, 0.4) is 0 Å². The molecule has 1 aromatic heterocycles. The number of aliphatic hydroxyl groups is 1. The fourth-order valence-electron chi connectivity index (χ4n) is 6.00. The fraction of sp³-hybridized carbons (Fsp3) is 0.488. The zero-order valence-electron chi connectivity index (χ0n) is 30.1. The minimum Gasteiger partial charge on any atom is -0.507 e. The minimum atomic E-state index is -0.773. The van der Waals surface area contributed by atoms with E-state index < -0.39 is 6.10 Å². The molecule has 1 heterocycles. The first-order valence-electron chi connectivity index (χ1n) is 17.7. The van der Waals surface area contributed by atoms with Crippen LogP contribution in [0.4, 0.5) is 0 Å². The molecule has 1 unspecified atom stereocenters. The number of hydrogen-bond acceptors (Lipinski definition) is 7. The predicted molar refractivity (Wildman–Crippen MR) is 196 cm³/mol. The lowest BCUT2D eigenvalue weighted by Gasteiger charge is -2.19. The maximum Gasteiger partial charge on any atom is 0.167 e. The summed E-state index contributed by atoms with van der Waals surface area (Å²) in [5.41, 5.74) is 7.67. The number of nitrogens with zero attached hydrogens (tertiary/aromatic N) is 3. The molecule has 7 heteroatoms. The van der Waals surface area contributed by atoms with E-state index in [4.69, 9.17) is 24.4 Å². The van der Waals surface area contributed by atoms with Gasteiger partial charge in [-0.3, -0.25) is 0 Å². The quantitative estimate of drug-likeness (QED) is 0.103. The molecule has 0 fully saturated rings. The van der Waals surface area contributed by atoms with Crippen molar-refractivity contribution in [3.8, 4) is 45.7 Å². The molecule has 258 valence electrons. The second-order valence-corrected chi connectivity index (χ2v) is 13.5. The van der Waals surface area contributed by atoms with Crippen LogP contribution >= 0.6 is 0 Å². The maximum atomic E-state index is 11.4. The summed E-state index contributed by atoms with van der Waals surface area (Å²) in [6, 6.07) is 15.9. The van der Waals surface area contributed by atoms with Crippen molar-refractivity contribution in [1.82, 2.24) is 15.0 Å². The van der Waals surface area contributed by atoms with Gasteiger partial charge in [-0.15, -0.1) is 0 Å². The van der Waals surface area contributed by atoms with Crippen molar-refractivity contribution in [2.45, 2.75) is 112 Å². The molecule has 4 aromatic rings. The molecular weight excluding hydrogens is 598 g/mol. The van der Waals surface area contributed by atoms with E-state index in [1.165, 1.54) is 38.5 Å². The van der Waals surface area contributed by atoms with Gasteiger partial charge < -0.3 is 19.7 Å². The zero-order chi connectivity index (χ0) is 34.6. The Morgan fingerprint density at radius 1 is 0.646 bits per heavy atom. The number of phenolic OH excluding ortho intramolecular Hbond substituents is 1. The van der Waals surface area contributed by atoms with E-state index >= 15 is 0 Å². The topological polar surface area (TPSA) is 97.6 Å². The van der Waals surface area contributed by atoms with E-state index in [-0.39, 0.29) is 24.9 Å². The number of phenols is 1. The predicted octanol–water partition coefficient (Wildman–Crippen LogP) is 9.83. The lowest BCUT2D eigenvalue weighted by atomic mass is 9.98. The molecule has 0 bridgehead atoms. The van der Waals surface area contributed by atoms with Crippen LogP contribution in [0.2, 0.25) is 0 Å². The second kappa shape index (κ2) is 18.1. The van der Waals surface area contributed by atoms with Crippen LogP contribution in [0.1, 0.15) is 106 Å². The van der Waals surface area contributed by atoms with Crippen LogP contribution in [0.25, 0.3) is 34.2 Å². The Balaban J connectivity index is 1.52. The van der Waals surface area contributed by atoms with Gasteiger partial charge in [0.05, 0.1) is 12.2 Å². The first-order chi connectivity index (χ1) is 23.1. The van der Waals surface area contributed by atoms with Crippen molar-refractivity contribution >= 4 is 0 Å². The highest BCUT2D eigenvalue weighted by molar-refractivity contribution is 5.73. The molecule has 48 heavy (non-hydrogen) atoms. The SMILES string of the molecule is CCCCCCCCCCOCC(O)COc1cc(O)c(-c2nc(-c3ccc(C)cc3C)nc(-c3ccc(C)cc3C)n2)cc1C(C)C. The number of aliphatic hydroxyl groups excluding tert-OH is 1. The van der Waals surface area contributed by atoms with Gasteiger partial charge in [0.15, 0.2) is 17.5 Å². The summed E-state index contributed by atoms with van der Waals surface area (Å²) in [6.45, 7) is 15.5. The number of ether oxygens (including phenoxy) is 2. The van der Waals surface area contributed by atoms with Crippen LogP contribution in [0.5, 0.6) is 11.5 Å². The Morgan fingerprint density at radius 2 is 1.17 bits per heavy atom. The van der Waals surface area contributed by atoms with Gasteiger partial charge in [0.25, 0.3) is 0 Å². The molecule has 1 atom stereocenters. The lowest BCUT2D eigenvalue weighted by molar-refractivity contribution is 0.0107. The standard InChI is InChI=1S/C41H55N3O4/c1-8-9-10-11-12-13-14-15-20-47-25-32(45)26-48-38-24-37(46)36(23-35(38)27(2)3)41-43-39(33-18-16-28(4)21-30(33)6)42-40(44-41)34-19-17-29(5)22-31(34)7/h16-19,21-24,27,32,45-46H,8-15,20,25-26H2,1-7H3. The van der Waals surface area contributed by atoms with Gasteiger partial charge in [-0.05, 0) is 62.8 Å². The summed E-state index contributed by atoms with van der Waals surface area (Å²) in [5.74, 6) is 2.08. The van der Waals surface area contributed by atoms with Crippen LogP contribution in [0, 0.1) is 27.7 Å². The van der Waals surface area contributed by atoms with Crippen LogP contribution in [0.15, 0.2) is 48.5 Å². The summed E-state index contributed by atoms with van der Waals surface area (Å²) < 4.78 is 11.8. The number of aromatic nitrogens is 3. The van der Waals surface area contributed by atoms with E-state index in [0.29, 0.717) is 35.4 Å². The van der Waals surface area contributed by atoms with E-state index in [9.17, 15) is 10.2 Å². The average molecular weight is 654 g/mol. The normalized spacial score (nSPS) is 12.1. The molecule has 0 aliphatic rings. The molecule has 0 radical (unpaired) electrons. The smallest absolute Gasteiger partial charge is 0.167 e. The molecule has 4 rings (SSSR count). The molecule has 2 N–H and O–H groups in total. The Hall–Kier alpha value is -3.81. The van der Waals surface area contributed by atoms with Crippen molar-refractivity contribution in [3.63, 3.8) is 0 Å². The van der Waals surface area contributed by atoms with Crippen molar-refractivity contribution in [1.29, 1.82) is 0 Å². The highest BCUT2D eigenvalue weighted by atomic mass is 16.5. The van der Waals surface area contributed by atoms with Crippen molar-refractivity contribution in [2.75, 3.05) is 19.8 Å². The van der Waals surface area contributed by atoms with Gasteiger partial charge in [-0.1, -0.05) is 113 Å². The Labute approximate surface area is 287 Å². The largest absolute Gasteiger partial charge is 0.507 e. The molecule has 7 nitrogen and oxygen atoms in total. The molecule has 3 aromatic carbocycles. The Morgan fingerprint density at radius 3 is 1.69 bits per heavy atom. The van der Waals surface area contributed by atoms with Crippen LogP contribution in [-0.2, 0) is 4.74 Å². The third kappa shape index (κ3) is 10.3. The zero-order valence-corrected chi connectivity index (χ0v) is 30.1. The van der Waals surface area contributed by atoms with Gasteiger partial charge >= 0.3 is 0 Å². The van der Waals surface area contributed by atoms with Gasteiger partial charge in [-0.2, -0.15) is 0 Å². The maximum absolute atomic E-state index is 11.4. The summed E-state index contributed by atoms with van der Waals surface area (Å²) >= 11 is 0. The molecule has 0 saturated heterocycles. The molecular formula is C41H55N3O4. The third-order valence-corrected chi connectivity index (χ3v) is 8.76. The molecule has 0 aliphatic carbocycles. The van der Waals surface area contributed by atoms with Crippen LogP contribution in [-0.4, -0.2) is 51.1 Å². The number of hydrogen-bond donors (Lipinski definition) is 2. The van der Waals surface area contributed by atoms with Crippen molar-refractivity contribution in [3.05, 3.63) is 76.3 Å². The highest BCUT2D eigenvalue weighted by Crippen LogP contribution is 2.39. The van der Waals surface area contributed by atoms with E-state index in [1.807, 2.05) is 18.2 Å². The Kier molecular flexibility index (Phi) is 14.0. The number of benzene rings is 3. The summed E-state index contributed by atoms with van der Waals surface area (Å²) in [6.07, 6.45) is 9.16. The van der Waals surface area contributed by atoms with Crippen LogP contribution < -0.4 is 4.74 Å². The fourth-order valence-corrected chi connectivity index (χ4v) is 6.00. The van der Waals surface area contributed by atoms with E-state index in [2.05, 4.69) is 72.7 Å². The number of rotatable bonds is 18.